The Morgan fingerprint density at radius 1 is 1.04 bits per heavy atom. The average Bonchev–Trinajstić information content (AvgIpc) is 2.54. The number of hydrogen-bond acceptors (Lipinski definition) is 4. The highest BCUT2D eigenvalue weighted by Gasteiger charge is 2.33. The van der Waals surface area contributed by atoms with Crippen LogP contribution in [0.4, 0.5) is 18.9 Å². The second kappa shape index (κ2) is 5.99. The van der Waals surface area contributed by atoms with Gasteiger partial charge >= 0.3 is 6.18 Å². The molecule has 0 radical (unpaired) electrons. The van der Waals surface area contributed by atoms with Crippen molar-refractivity contribution >= 4 is 26.6 Å². The molecule has 130 valence electrons. The van der Waals surface area contributed by atoms with Crippen LogP contribution in [0.5, 0.6) is 0 Å². The van der Waals surface area contributed by atoms with Gasteiger partial charge in [0.15, 0.2) is 0 Å². The van der Waals surface area contributed by atoms with Crippen molar-refractivity contribution in [1.29, 1.82) is 0 Å². The topological polar surface area (TPSA) is 72.0 Å². The lowest BCUT2D eigenvalue weighted by atomic mass is 10.2. The lowest BCUT2D eigenvalue weighted by Crippen LogP contribution is -2.17. The summed E-state index contributed by atoms with van der Waals surface area (Å²) in [5.74, 6) is 0. The van der Waals surface area contributed by atoms with E-state index in [-0.39, 0.29) is 16.3 Å². The SMILES string of the molecule is Cc1nc(C(F)(F)F)ccc1S(=O)(=O)Nc1cccc2cccnc12. The summed E-state index contributed by atoms with van der Waals surface area (Å²) in [7, 11) is -4.12. The number of aryl methyl sites for hydroxylation is 1. The van der Waals surface area contributed by atoms with Gasteiger partial charge in [0.2, 0.25) is 0 Å². The zero-order valence-corrected chi connectivity index (χ0v) is 13.7. The summed E-state index contributed by atoms with van der Waals surface area (Å²) < 4.78 is 65.5. The molecule has 0 aliphatic heterocycles. The van der Waals surface area contributed by atoms with E-state index < -0.39 is 21.9 Å². The lowest BCUT2D eigenvalue weighted by Gasteiger charge is -2.13. The Morgan fingerprint density at radius 3 is 2.44 bits per heavy atom. The molecule has 1 aromatic carbocycles. The van der Waals surface area contributed by atoms with Crippen LogP contribution in [-0.4, -0.2) is 18.4 Å². The van der Waals surface area contributed by atoms with Gasteiger partial charge in [-0.1, -0.05) is 18.2 Å². The summed E-state index contributed by atoms with van der Waals surface area (Å²) in [6.45, 7) is 1.21. The van der Waals surface area contributed by atoms with Crippen molar-refractivity contribution in [2.24, 2.45) is 0 Å². The fraction of sp³-hybridized carbons (Fsp3) is 0.125. The molecule has 0 bridgehead atoms. The van der Waals surface area contributed by atoms with E-state index in [0.29, 0.717) is 11.6 Å². The first-order valence-electron chi connectivity index (χ1n) is 7.10. The van der Waals surface area contributed by atoms with Crippen LogP contribution in [0.3, 0.4) is 0 Å². The maximum Gasteiger partial charge on any atom is 0.433 e. The number of sulfonamides is 1. The number of halogens is 3. The van der Waals surface area contributed by atoms with Gasteiger partial charge in [0.25, 0.3) is 10.0 Å². The molecule has 0 saturated carbocycles. The Morgan fingerprint density at radius 2 is 1.76 bits per heavy atom. The second-order valence-electron chi connectivity index (χ2n) is 5.26. The van der Waals surface area contributed by atoms with Crippen molar-refractivity contribution in [2.75, 3.05) is 4.72 Å². The van der Waals surface area contributed by atoms with Gasteiger partial charge in [-0.15, -0.1) is 0 Å². The number of aromatic nitrogens is 2. The predicted molar refractivity (Wildman–Crippen MR) is 86.5 cm³/mol. The first-order chi connectivity index (χ1) is 11.7. The van der Waals surface area contributed by atoms with E-state index in [1.165, 1.54) is 19.2 Å². The van der Waals surface area contributed by atoms with E-state index in [1.807, 2.05) is 0 Å². The number of anilines is 1. The smallest absolute Gasteiger partial charge is 0.277 e. The van der Waals surface area contributed by atoms with Gasteiger partial charge in [-0.2, -0.15) is 13.2 Å². The fourth-order valence-electron chi connectivity index (χ4n) is 2.38. The van der Waals surface area contributed by atoms with Crippen molar-refractivity contribution in [1.82, 2.24) is 9.97 Å². The Labute approximate surface area is 141 Å². The average molecular weight is 367 g/mol. The van der Waals surface area contributed by atoms with Crippen molar-refractivity contribution in [3.63, 3.8) is 0 Å². The molecule has 1 N–H and O–H groups in total. The highest BCUT2D eigenvalue weighted by Crippen LogP contribution is 2.30. The molecule has 0 atom stereocenters. The van der Waals surface area contributed by atoms with Gasteiger partial charge in [-0.25, -0.2) is 13.4 Å². The van der Waals surface area contributed by atoms with E-state index >= 15 is 0 Å². The summed E-state index contributed by atoms with van der Waals surface area (Å²) in [6, 6.07) is 9.97. The molecule has 0 saturated heterocycles. The number of para-hydroxylation sites is 1. The van der Waals surface area contributed by atoms with Crippen LogP contribution in [0, 0.1) is 6.92 Å². The first-order valence-corrected chi connectivity index (χ1v) is 8.58. The third-order valence-corrected chi connectivity index (χ3v) is 4.99. The number of nitrogens with one attached hydrogen (secondary N) is 1. The summed E-state index contributed by atoms with van der Waals surface area (Å²) in [4.78, 5) is 7.17. The van der Waals surface area contributed by atoms with Crippen LogP contribution < -0.4 is 4.72 Å². The molecule has 0 spiro atoms. The van der Waals surface area contributed by atoms with E-state index in [0.717, 1.165) is 11.5 Å². The largest absolute Gasteiger partial charge is 0.433 e. The van der Waals surface area contributed by atoms with Crippen molar-refractivity contribution in [3.05, 3.63) is 60.0 Å². The third-order valence-electron chi connectivity index (χ3n) is 3.49. The van der Waals surface area contributed by atoms with Gasteiger partial charge in [-0.3, -0.25) is 9.71 Å². The van der Waals surface area contributed by atoms with Crippen molar-refractivity contribution in [3.8, 4) is 0 Å². The minimum absolute atomic E-state index is 0.234. The number of alkyl halides is 3. The molecule has 2 aromatic heterocycles. The molecule has 3 aromatic rings. The van der Waals surface area contributed by atoms with Crippen LogP contribution in [0.2, 0.25) is 0 Å². The molecule has 0 aliphatic carbocycles. The molecular weight excluding hydrogens is 355 g/mol. The van der Waals surface area contributed by atoms with Crippen molar-refractivity contribution in [2.45, 2.75) is 18.0 Å². The Bertz CT molecular complexity index is 1040. The number of benzene rings is 1. The minimum Gasteiger partial charge on any atom is -0.277 e. The van der Waals surface area contributed by atoms with Crippen LogP contribution in [0.1, 0.15) is 11.4 Å². The molecule has 25 heavy (non-hydrogen) atoms. The Balaban J connectivity index is 2.02. The van der Waals surface area contributed by atoms with Gasteiger partial charge < -0.3 is 0 Å². The third kappa shape index (κ3) is 3.41. The molecule has 5 nitrogen and oxygen atoms in total. The zero-order chi connectivity index (χ0) is 18.2. The molecule has 0 fully saturated rings. The number of nitrogens with zero attached hydrogens (tertiary/aromatic N) is 2. The first kappa shape index (κ1) is 17.2. The number of rotatable bonds is 3. The summed E-state index contributed by atoms with van der Waals surface area (Å²) >= 11 is 0. The Kier molecular flexibility index (Phi) is 4.11. The normalized spacial score (nSPS) is 12.3. The second-order valence-corrected chi connectivity index (χ2v) is 6.91. The molecule has 2 heterocycles. The van der Waals surface area contributed by atoms with Gasteiger partial charge in [0, 0.05) is 11.6 Å². The molecular formula is C16H12F3N3O2S. The van der Waals surface area contributed by atoms with Crippen LogP contribution in [0.25, 0.3) is 10.9 Å². The van der Waals surface area contributed by atoms with E-state index in [9.17, 15) is 21.6 Å². The number of hydrogen-bond donors (Lipinski definition) is 1. The maximum absolute atomic E-state index is 12.7. The Hall–Kier alpha value is -2.68. The van der Waals surface area contributed by atoms with E-state index in [1.54, 1.807) is 24.3 Å². The molecule has 0 unspecified atom stereocenters. The highest BCUT2D eigenvalue weighted by molar-refractivity contribution is 7.92. The molecule has 0 aliphatic rings. The molecule has 9 heteroatoms. The van der Waals surface area contributed by atoms with E-state index in [2.05, 4.69) is 14.7 Å². The van der Waals surface area contributed by atoms with Gasteiger partial charge in [0.05, 0.1) is 16.9 Å². The van der Waals surface area contributed by atoms with E-state index in [4.69, 9.17) is 0 Å². The summed E-state index contributed by atoms with van der Waals surface area (Å²) in [6.07, 6.45) is -3.12. The fourth-order valence-corrected chi connectivity index (χ4v) is 3.62. The standard InChI is InChI=1S/C16H12F3N3O2S/c1-10-13(7-8-14(21-10)16(17,18)19)25(23,24)22-12-6-2-4-11-5-3-9-20-15(11)12/h2-9,22H,1H3. The number of fused-ring (bicyclic) bond motifs is 1. The van der Waals surface area contributed by atoms with Crippen LogP contribution in [0.15, 0.2) is 53.6 Å². The predicted octanol–water partition coefficient (Wildman–Crippen LogP) is 3.76. The summed E-state index contributed by atoms with van der Waals surface area (Å²) in [5, 5.41) is 0.727. The summed E-state index contributed by atoms with van der Waals surface area (Å²) in [5.41, 5.74) is -0.713. The van der Waals surface area contributed by atoms with Gasteiger partial charge in [-0.05, 0) is 31.2 Å². The highest BCUT2D eigenvalue weighted by atomic mass is 32.2. The monoisotopic (exact) mass is 367 g/mol. The zero-order valence-electron chi connectivity index (χ0n) is 12.9. The quantitative estimate of drug-likeness (QED) is 0.765. The maximum atomic E-state index is 12.7. The number of pyridine rings is 2. The molecule has 0 amide bonds. The van der Waals surface area contributed by atoms with Crippen molar-refractivity contribution < 1.29 is 21.6 Å². The lowest BCUT2D eigenvalue weighted by molar-refractivity contribution is -0.141. The minimum atomic E-state index is -4.64. The van der Waals surface area contributed by atoms with Gasteiger partial charge in [0.1, 0.15) is 10.6 Å². The van der Waals surface area contributed by atoms with Crippen LogP contribution >= 0.6 is 0 Å². The molecule has 3 rings (SSSR count). The van der Waals surface area contributed by atoms with Crippen LogP contribution in [-0.2, 0) is 16.2 Å².